The Bertz CT molecular complexity index is 1010. The average molecular weight is 439 g/mol. The third-order valence-corrected chi connectivity index (χ3v) is 6.06. The quantitative estimate of drug-likeness (QED) is 0.637. The molecule has 4 nitrogen and oxygen atoms in total. The standard InChI is InChI=1S/C23H23BrN2O2/c1-16-13-20(19-7-2-3-8-21(19)26-16)22(27)25-15-23(9-11-28-12-10-23)17-5-4-6-18(24)14-17/h2-8,13-14H,9-12,15H2,1H3,(H,25,27). The fourth-order valence-corrected chi connectivity index (χ4v) is 4.39. The number of pyridine rings is 1. The van der Waals surface area contributed by atoms with Crippen LogP contribution in [0.3, 0.4) is 0 Å². The fraction of sp³-hybridized carbons (Fsp3) is 0.304. The number of hydrogen-bond acceptors (Lipinski definition) is 3. The van der Waals surface area contributed by atoms with Crippen molar-refractivity contribution in [2.45, 2.75) is 25.2 Å². The lowest BCUT2D eigenvalue weighted by Gasteiger charge is -2.38. The van der Waals surface area contributed by atoms with Crippen LogP contribution in [0.2, 0.25) is 0 Å². The van der Waals surface area contributed by atoms with Gasteiger partial charge in [-0.15, -0.1) is 0 Å². The van der Waals surface area contributed by atoms with Gasteiger partial charge in [0.05, 0.1) is 11.1 Å². The van der Waals surface area contributed by atoms with Gasteiger partial charge in [0.1, 0.15) is 0 Å². The monoisotopic (exact) mass is 438 g/mol. The van der Waals surface area contributed by atoms with Crippen LogP contribution >= 0.6 is 15.9 Å². The van der Waals surface area contributed by atoms with Crippen molar-refractivity contribution in [3.8, 4) is 0 Å². The van der Waals surface area contributed by atoms with E-state index in [4.69, 9.17) is 4.74 Å². The van der Waals surface area contributed by atoms with Crippen molar-refractivity contribution >= 4 is 32.7 Å². The summed E-state index contributed by atoms with van der Waals surface area (Å²) in [6.45, 7) is 3.92. The molecule has 1 N–H and O–H groups in total. The van der Waals surface area contributed by atoms with Crippen LogP contribution in [-0.2, 0) is 10.2 Å². The van der Waals surface area contributed by atoms with E-state index in [0.29, 0.717) is 25.3 Å². The first kappa shape index (κ1) is 19.1. The minimum absolute atomic E-state index is 0.0532. The number of aromatic nitrogens is 1. The van der Waals surface area contributed by atoms with E-state index >= 15 is 0 Å². The summed E-state index contributed by atoms with van der Waals surface area (Å²) in [7, 11) is 0. The van der Waals surface area contributed by atoms with Gasteiger partial charge in [-0.05, 0) is 49.6 Å². The number of amides is 1. The van der Waals surface area contributed by atoms with Crippen molar-refractivity contribution in [2.75, 3.05) is 19.8 Å². The Morgan fingerprint density at radius 1 is 1.14 bits per heavy atom. The average Bonchev–Trinajstić information content (AvgIpc) is 2.72. The number of nitrogens with zero attached hydrogens (tertiary/aromatic N) is 1. The van der Waals surface area contributed by atoms with E-state index in [1.165, 1.54) is 5.56 Å². The van der Waals surface area contributed by atoms with Gasteiger partial charge in [-0.2, -0.15) is 0 Å². The molecule has 3 aromatic rings. The summed E-state index contributed by atoms with van der Waals surface area (Å²) in [5.74, 6) is -0.0532. The molecule has 5 heteroatoms. The number of halogens is 1. The zero-order valence-corrected chi connectivity index (χ0v) is 17.5. The molecular weight excluding hydrogens is 416 g/mol. The van der Waals surface area contributed by atoms with Crippen LogP contribution in [0.5, 0.6) is 0 Å². The SMILES string of the molecule is Cc1cc(C(=O)NCC2(c3cccc(Br)c3)CCOCC2)c2ccccc2n1. The predicted molar refractivity (Wildman–Crippen MR) is 115 cm³/mol. The fourth-order valence-electron chi connectivity index (χ4n) is 3.99. The Balaban J connectivity index is 1.62. The minimum Gasteiger partial charge on any atom is -0.381 e. The van der Waals surface area contributed by atoms with Gasteiger partial charge in [-0.25, -0.2) is 0 Å². The van der Waals surface area contributed by atoms with Crippen LogP contribution in [0.15, 0.2) is 59.1 Å². The summed E-state index contributed by atoms with van der Waals surface area (Å²) in [6.07, 6.45) is 1.78. The maximum absolute atomic E-state index is 13.1. The van der Waals surface area contributed by atoms with Gasteiger partial charge in [-0.3, -0.25) is 9.78 Å². The first-order valence-corrected chi connectivity index (χ1v) is 10.4. The van der Waals surface area contributed by atoms with E-state index in [2.05, 4.69) is 44.4 Å². The summed E-state index contributed by atoms with van der Waals surface area (Å²) in [5, 5.41) is 4.09. The van der Waals surface area contributed by atoms with Gasteiger partial charge in [0.25, 0.3) is 5.91 Å². The molecule has 0 radical (unpaired) electrons. The van der Waals surface area contributed by atoms with Crippen molar-refractivity contribution in [1.29, 1.82) is 0 Å². The number of para-hydroxylation sites is 1. The molecule has 4 rings (SSSR count). The van der Waals surface area contributed by atoms with Crippen LogP contribution < -0.4 is 5.32 Å². The van der Waals surface area contributed by atoms with Gasteiger partial charge in [0.15, 0.2) is 0 Å². The number of aryl methyl sites for hydroxylation is 1. The number of nitrogens with one attached hydrogen (secondary N) is 1. The second kappa shape index (κ2) is 8.02. The lowest BCUT2D eigenvalue weighted by Crippen LogP contribution is -2.44. The van der Waals surface area contributed by atoms with Crippen LogP contribution in [0.1, 0.15) is 34.5 Å². The lowest BCUT2D eigenvalue weighted by atomic mass is 9.74. The maximum atomic E-state index is 13.1. The van der Waals surface area contributed by atoms with Gasteiger partial charge in [0, 0.05) is 40.7 Å². The molecule has 1 aromatic heterocycles. The van der Waals surface area contributed by atoms with E-state index in [-0.39, 0.29) is 11.3 Å². The molecule has 0 saturated carbocycles. The zero-order chi connectivity index (χ0) is 19.6. The summed E-state index contributed by atoms with van der Waals surface area (Å²) in [5.41, 5.74) is 3.49. The highest BCUT2D eigenvalue weighted by Gasteiger charge is 2.35. The second-order valence-corrected chi connectivity index (χ2v) is 8.33. The molecule has 0 bridgehead atoms. The highest BCUT2D eigenvalue weighted by atomic mass is 79.9. The molecule has 1 fully saturated rings. The number of rotatable bonds is 4. The van der Waals surface area contributed by atoms with Crippen molar-refractivity contribution in [3.05, 3.63) is 75.9 Å². The molecule has 1 aliphatic rings. The van der Waals surface area contributed by atoms with Gasteiger partial charge in [-0.1, -0.05) is 46.3 Å². The van der Waals surface area contributed by atoms with Gasteiger partial charge in [0.2, 0.25) is 0 Å². The second-order valence-electron chi connectivity index (χ2n) is 7.41. The highest BCUT2D eigenvalue weighted by molar-refractivity contribution is 9.10. The highest BCUT2D eigenvalue weighted by Crippen LogP contribution is 2.35. The van der Waals surface area contributed by atoms with E-state index < -0.39 is 0 Å². The van der Waals surface area contributed by atoms with Crippen LogP contribution in [0.4, 0.5) is 0 Å². The number of ether oxygens (including phenoxy) is 1. The Morgan fingerprint density at radius 2 is 1.93 bits per heavy atom. The number of fused-ring (bicyclic) bond motifs is 1. The first-order valence-electron chi connectivity index (χ1n) is 9.56. The third-order valence-electron chi connectivity index (χ3n) is 5.56. The normalized spacial score (nSPS) is 16.1. The Hall–Kier alpha value is -2.24. The maximum Gasteiger partial charge on any atom is 0.252 e. The van der Waals surface area contributed by atoms with Crippen LogP contribution in [0, 0.1) is 6.92 Å². The number of carbonyl (C=O) groups is 1. The molecule has 2 heterocycles. The molecule has 1 aliphatic heterocycles. The van der Waals surface area contributed by atoms with E-state index in [0.717, 1.165) is 33.9 Å². The van der Waals surface area contributed by atoms with Crippen molar-refractivity contribution in [1.82, 2.24) is 10.3 Å². The van der Waals surface area contributed by atoms with Crippen molar-refractivity contribution in [2.24, 2.45) is 0 Å². The van der Waals surface area contributed by atoms with E-state index in [1.54, 1.807) is 0 Å². The van der Waals surface area contributed by atoms with Crippen LogP contribution in [0.25, 0.3) is 10.9 Å². The first-order chi connectivity index (χ1) is 13.6. The Morgan fingerprint density at radius 3 is 2.71 bits per heavy atom. The molecule has 0 aliphatic carbocycles. The van der Waals surface area contributed by atoms with Crippen LogP contribution in [-0.4, -0.2) is 30.6 Å². The molecule has 0 atom stereocenters. The number of hydrogen-bond donors (Lipinski definition) is 1. The summed E-state index contributed by atoms with van der Waals surface area (Å²) < 4.78 is 6.66. The predicted octanol–water partition coefficient (Wildman–Crippen LogP) is 4.78. The summed E-state index contributed by atoms with van der Waals surface area (Å²) in [4.78, 5) is 17.7. The molecule has 28 heavy (non-hydrogen) atoms. The minimum atomic E-state index is -0.116. The Kier molecular flexibility index (Phi) is 5.47. The summed E-state index contributed by atoms with van der Waals surface area (Å²) >= 11 is 3.58. The Labute approximate surface area is 173 Å². The third kappa shape index (κ3) is 3.82. The molecule has 1 amide bonds. The lowest BCUT2D eigenvalue weighted by molar-refractivity contribution is 0.0487. The van der Waals surface area contributed by atoms with E-state index in [1.807, 2.05) is 43.3 Å². The molecule has 0 spiro atoms. The van der Waals surface area contributed by atoms with E-state index in [9.17, 15) is 4.79 Å². The molecular formula is C23H23BrN2O2. The number of carbonyl (C=O) groups excluding carboxylic acids is 1. The molecule has 144 valence electrons. The molecule has 2 aromatic carbocycles. The van der Waals surface area contributed by atoms with Crippen molar-refractivity contribution in [3.63, 3.8) is 0 Å². The van der Waals surface area contributed by atoms with Crippen molar-refractivity contribution < 1.29 is 9.53 Å². The largest absolute Gasteiger partial charge is 0.381 e. The molecule has 1 saturated heterocycles. The zero-order valence-electron chi connectivity index (χ0n) is 15.9. The smallest absolute Gasteiger partial charge is 0.252 e. The topological polar surface area (TPSA) is 51.2 Å². The van der Waals surface area contributed by atoms with Gasteiger partial charge < -0.3 is 10.1 Å². The molecule has 0 unspecified atom stereocenters. The van der Waals surface area contributed by atoms with Gasteiger partial charge >= 0.3 is 0 Å². The summed E-state index contributed by atoms with van der Waals surface area (Å²) in [6, 6.07) is 18.0. The number of benzene rings is 2.